The van der Waals surface area contributed by atoms with Crippen molar-refractivity contribution in [3.05, 3.63) is 71.8 Å². The molecule has 1 aromatic heterocycles. The number of ether oxygens (including phenoxy) is 4. The van der Waals surface area contributed by atoms with Crippen molar-refractivity contribution in [3.8, 4) is 22.9 Å². The zero-order valence-corrected chi connectivity index (χ0v) is 19.5. The van der Waals surface area contributed by atoms with E-state index in [4.69, 9.17) is 18.9 Å². The normalized spacial score (nSPS) is 20.2. The molecule has 1 spiro atoms. The van der Waals surface area contributed by atoms with Crippen LogP contribution in [0.1, 0.15) is 35.3 Å². The largest absolute Gasteiger partial charge is 0.493 e. The molecule has 1 amide bonds. The number of piperidine rings is 1. The second-order valence-electron chi connectivity index (χ2n) is 9.23. The summed E-state index contributed by atoms with van der Waals surface area (Å²) in [6, 6.07) is 13.9. The van der Waals surface area contributed by atoms with Crippen LogP contribution in [-0.2, 0) is 10.3 Å². The molecule has 2 aromatic carbocycles. The lowest BCUT2D eigenvalue weighted by atomic mass is 9.86. The standard InChI is InChI=1S/C27H27FN2O5/c1-32-24-15-18(4-7-22(24)34-20-8-14-33-17-20)26(31)29-12-9-27(10-13-29)25-3-2-11-30(25)21-6-5-19(28)16-23(21)35-27/h2-7,11,15-16,20H,8-10,12-14,17H2,1H3/t20-/m1/s1. The first kappa shape index (κ1) is 22.0. The van der Waals surface area contributed by atoms with Crippen LogP contribution in [0.25, 0.3) is 5.69 Å². The van der Waals surface area contributed by atoms with E-state index in [2.05, 4.69) is 4.57 Å². The first-order chi connectivity index (χ1) is 17.1. The van der Waals surface area contributed by atoms with Gasteiger partial charge < -0.3 is 28.4 Å². The number of hydrogen-bond acceptors (Lipinski definition) is 5. The minimum absolute atomic E-state index is 0.00298. The fourth-order valence-electron chi connectivity index (χ4n) is 5.29. The van der Waals surface area contributed by atoms with E-state index in [9.17, 15) is 9.18 Å². The number of halogens is 1. The van der Waals surface area contributed by atoms with Crippen molar-refractivity contribution in [2.75, 3.05) is 33.4 Å². The summed E-state index contributed by atoms with van der Waals surface area (Å²) in [5.41, 5.74) is 1.81. The lowest BCUT2D eigenvalue weighted by Crippen LogP contribution is -2.50. The van der Waals surface area contributed by atoms with Crippen molar-refractivity contribution in [2.24, 2.45) is 0 Å². The topological polar surface area (TPSA) is 62.2 Å². The molecule has 4 heterocycles. The van der Waals surface area contributed by atoms with E-state index >= 15 is 0 Å². The number of carbonyl (C=O) groups excluding carboxylic acids is 1. The molecule has 7 nitrogen and oxygen atoms in total. The molecule has 0 N–H and O–H groups in total. The Morgan fingerprint density at radius 1 is 1.11 bits per heavy atom. The van der Waals surface area contributed by atoms with Crippen LogP contribution in [0.3, 0.4) is 0 Å². The summed E-state index contributed by atoms with van der Waals surface area (Å²) in [4.78, 5) is 15.2. The van der Waals surface area contributed by atoms with Gasteiger partial charge in [-0.05, 0) is 42.5 Å². The van der Waals surface area contributed by atoms with Crippen molar-refractivity contribution >= 4 is 5.91 Å². The van der Waals surface area contributed by atoms with Gasteiger partial charge in [-0.1, -0.05) is 0 Å². The van der Waals surface area contributed by atoms with Crippen LogP contribution >= 0.6 is 0 Å². The predicted octanol–water partition coefficient (Wildman–Crippen LogP) is 4.32. The molecule has 35 heavy (non-hydrogen) atoms. The number of nitrogens with zero attached hydrogens (tertiary/aromatic N) is 2. The summed E-state index contributed by atoms with van der Waals surface area (Å²) in [6.07, 6.45) is 4.03. The highest BCUT2D eigenvalue weighted by molar-refractivity contribution is 5.95. The molecular formula is C27H27FN2O5. The molecule has 0 saturated carbocycles. The molecule has 0 aliphatic carbocycles. The number of aromatic nitrogens is 1. The maximum absolute atomic E-state index is 13.9. The van der Waals surface area contributed by atoms with E-state index in [1.165, 1.54) is 12.1 Å². The average molecular weight is 479 g/mol. The van der Waals surface area contributed by atoms with E-state index in [-0.39, 0.29) is 17.8 Å². The quantitative estimate of drug-likeness (QED) is 0.559. The fraction of sp³-hybridized carbons (Fsp3) is 0.370. The summed E-state index contributed by atoms with van der Waals surface area (Å²) >= 11 is 0. The molecule has 2 saturated heterocycles. The van der Waals surface area contributed by atoms with Crippen molar-refractivity contribution in [2.45, 2.75) is 31.0 Å². The van der Waals surface area contributed by atoms with Crippen LogP contribution < -0.4 is 14.2 Å². The number of carbonyl (C=O) groups is 1. The summed E-state index contributed by atoms with van der Waals surface area (Å²) in [5, 5.41) is 0. The van der Waals surface area contributed by atoms with Gasteiger partial charge in [0.2, 0.25) is 0 Å². The summed E-state index contributed by atoms with van der Waals surface area (Å²) in [5.74, 6) is 1.28. The molecule has 3 aliphatic heterocycles. The van der Waals surface area contributed by atoms with Crippen molar-refractivity contribution in [1.82, 2.24) is 9.47 Å². The Morgan fingerprint density at radius 2 is 1.97 bits per heavy atom. The Morgan fingerprint density at radius 3 is 2.74 bits per heavy atom. The Hall–Kier alpha value is -3.52. The van der Waals surface area contributed by atoms with Crippen LogP contribution in [0, 0.1) is 5.82 Å². The molecule has 2 fully saturated rings. The number of hydrogen-bond donors (Lipinski definition) is 0. The van der Waals surface area contributed by atoms with Gasteiger partial charge in [0.05, 0.1) is 31.7 Å². The molecule has 182 valence electrons. The van der Waals surface area contributed by atoms with Gasteiger partial charge >= 0.3 is 0 Å². The zero-order valence-electron chi connectivity index (χ0n) is 19.5. The molecule has 8 heteroatoms. The molecule has 1 atom stereocenters. The van der Waals surface area contributed by atoms with Gasteiger partial charge in [-0.2, -0.15) is 0 Å². The van der Waals surface area contributed by atoms with Gasteiger partial charge in [-0.3, -0.25) is 4.79 Å². The van der Waals surface area contributed by atoms with Crippen molar-refractivity contribution in [1.29, 1.82) is 0 Å². The third-order valence-corrected chi connectivity index (χ3v) is 7.15. The van der Waals surface area contributed by atoms with Gasteiger partial charge in [0.15, 0.2) is 17.1 Å². The third kappa shape index (κ3) is 3.82. The highest BCUT2D eigenvalue weighted by Crippen LogP contribution is 2.45. The van der Waals surface area contributed by atoms with Crippen molar-refractivity contribution in [3.63, 3.8) is 0 Å². The van der Waals surface area contributed by atoms with E-state index < -0.39 is 5.60 Å². The highest BCUT2D eigenvalue weighted by Gasteiger charge is 2.44. The number of amides is 1. The van der Waals surface area contributed by atoms with Gasteiger partial charge in [0, 0.05) is 50.2 Å². The maximum atomic E-state index is 13.9. The van der Waals surface area contributed by atoms with Gasteiger partial charge in [0.1, 0.15) is 17.7 Å². The number of fused-ring (bicyclic) bond motifs is 4. The molecule has 3 aromatic rings. The first-order valence-corrected chi connectivity index (χ1v) is 11.9. The van der Waals surface area contributed by atoms with Crippen LogP contribution in [0.5, 0.6) is 17.2 Å². The minimum Gasteiger partial charge on any atom is -0.493 e. The summed E-state index contributed by atoms with van der Waals surface area (Å²) < 4.78 is 39.3. The lowest BCUT2D eigenvalue weighted by Gasteiger charge is -2.45. The monoisotopic (exact) mass is 478 g/mol. The van der Waals surface area contributed by atoms with Crippen LogP contribution in [-0.4, -0.2) is 54.9 Å². The molecule has 0 radical (unpaired) electrons. The Kier molecular flexibility index (Phi) is 5.40. The van der Waals surface area contributed by atoms with Gasteiger partial charge in [-0.15, -0.1) is 0 Å². The molecule has 6 rings (SSSR count). The maximum Gasteiger partial charge on any atom is 0.253 e. The zero-order chi connectivity index (χ0) is 24.0. The molecule has 0 unspecified atom stereocenters. The Labute approximate surface area is 203 Å². The second-order valence-corrected chi connectivity index (χ2v) is 9.23. The fourth-order valence-corrected chi connectivity index (χ4v) is 5.29. The number of rotatable bonds is 4. The summed E-state index contributed by atoms with van der Waals surface area (Å²) in [6.45, 7) is 2.29. The number of methoxy groups -OCH3 is 1. The predicted molar refractivity (Wildman–Crippen MR) is 126 cm³/mol. The number of likely N-dealkylation sites (tertiary alicyclic amines) is 1. The first-order valence-electron chi connectivity index (χ1n) is 11.9. The molecular weight excluding hydrogens is 451 g/mol. The van der Waals surface area contributed by atoms with Gasteiger partial charge in [-0.25, -0.2) is 4.39 Å². The van der Waals surface area contributed by atoms with E-state index in [1.54, 1.807) is 31.4 Å². The SMILES string of the molecule is COc1cc(C(=O)N2CCC3(CC2)Oc2cc(F)ccc2-n2cccc23)ccc1O[C@@H]1CCOC1. The van der Waals surface area contributed by atoms with Crippen LogP contribution in [0.2, 0.25) is 0 Å². The van der Waals surface area contributed by atoms with Crippen molar-refractivity contribution < 1.29 is 28.1 Å². The highest BCUT2D eigenvalue weighted by atomic mass is 19.1. The Balaban J connectivity index is 1.19. The molecule has 0 bridgehead atoms. The van der Waals surface area contributed by atoms with Crippen LogP contribution in [0.15, 0.2) is 54.7 Å². The van der Waals surface area contributed by atoms with Gasteiger partial charge in [0.25, 0.3) is 5.91 Å². The van der Waals surface area contributed by atoms with Crippen LogP contribution in [0.4, 0.5) is 4.39 Å². The Bertz CT molecular complexity index is 1260. The molecule has 3 aliphatic rings. The second kappa shape index (κ2) is 8.61. The lowest BCUT2D eigenvalue weighted by molar-refractivity contribution is -0.00951. The van der Waals surface area contributed by atoms with E-state index in [0.29, 0.717) is 62.0 Å². The van der Waals surface area contributed by atoms with E-state index in [1.807, 2.05) is 23.2 Å². The minimum atomic E-state index is -0.597. The van der Waals surface area contributed by atoms with E-state index in [0.717, 1.165) is 17.8 Å². The smallest absolute Gasteiger partial charge is 0.253 e. The number of benzene rings is 2. The summed E-state index contributed by atoms with van der Waals surface area (Å²) in [7, 11) is 1.57. The third-order valence-electron chi connectivity index (χ3n) is 7.15. The average Bonchev–Trinajstić information content (AvgIpc) is 3.57.